The van der Waals surface area contributed by atoms with E-state index >= 15 is 0 Å². The lowest BCUT2D eigenvalue weighted by Gasteiger charge is -2.33. The average molecular weight is 352 g/mol. The molecule has 0 fully saturated rings. The molecule has 5 heteroatoms. The maximum Gasteiger partial charge on any atom is 0.232 e. The molecule has 2 N–H and O–H groups in total. The van der Waals surface area contributed by atoms with E-state index in [1.165, 1.54) is 11.3 Å². The molecule has 0 unspecified atom stereocenters. The highest BCUT2D eigenvalue weighted by molar-refractivity contribution is 7.13. The lowest BCUT2D eigenvalue weighted by Crippen LogP contribution is -2.37. The third-order valence-electron chi connectivity index (χ3n) is 4.30. The summed E-state index contributed by atoms with van der Waals surface area (Å²) in [6.45, 7) is 3.83. The van der Waals surface area contributed by atoms with Crippen molar-refractivity contribution in [2.45, 2.75) is 19.8 Å². The van der Waals surface area contributed by atoms with Crippen LogP contribution in [0.15, 0.2) is 66.2 Å². The number of carbonyl (C=O) groups excluding carboxylic acids is 1. The van der Waals surface area contributed by atoms with E-state index in [1.807, 2.05) is 55.6 Å². The topological polar surface area (TPSA) is 62.2 Å². The van der Waals surface area contributed by atoms with E-state index in [1.54, 1.807) is 24.4 Å². The molecule has 0 aliphatic carbocycles. The summed E-state index contributed by atoms with van der Waals surface area (Å²) in [5.74, 6) is -0.130. The van der Waals surface area contributed by atoms with Crippen LogP contribution in [-0.4, -0.2) is 16.0 Å². The van der Waals surface area contributed by atoms with Gasteiger partial charge in [0.05, 0.1) is 5.41 Å². The normalized spacial score (nSPS) is 12.6. The number of phenols is 1. The van der Waals surface area contributed by atoms with Crippen LogP contribution >= 0.6 is 11.3 Å². The van der Waals surface area contributed by atoms with Crippen molar-refractivity contribution in [1.29, 1.82) is 0 Å². The van der Waals surface area contributed by atoms with Crippen molar-refractivity contribution >= 4 is 22.4 Å². The largest absolute Gasteiger partial charge is 0.508 e. The second kappa shape index (κ2) is 7.07. The Morgan fingerprint density at radius 1 is 1.12 bits per heavy atom. The Morgan fingerprint density at radius 2 is 1.84 bits per heavy atom. The van der Waals surface area contributed by atoms with Gasteiger partial charge in [0.1, 0.15) is 5.75 Å². The first kappa shape index (κ1) is 17.2. The first-order valence-electron chi connectivity index (χ1n) is 8.03. The average Bonchev–Trinajstić information content (AvgIpc) is 3.09. The lowest BCUT2D eigenvalue weighted by atomic mass is 9.70. The Balaban J connectivity index is 2.02. The van der Waals surface area contributed by atoms with Crippen molar-refractivity contribution in [3.63, 3.8) is 0 Å². The Hall–Kier alpha value is -2.66. The van der Waals surface area contributed by atoms with Gasteiger partial charge in [-0.05, 0) is 23.3 Å². The summed E-state index contributed by atoms with van der Waals surface area (Å²) < 4.78 is 0. The maximum absolute atomic E-state index is 13.0. The second-order valence-electron chi connectivity index (χ2n) is 6.45. The molecule has 1 amide bonds. The van der Waals surface area contributed by atoms with E-state index in [0.717, 1.165) is 11.1 Å². The van der Waals surface area contributed by atoms with E-state index in [-0.39, 0.29) is 17.6 Å². The van der Waals surface area contributed by atoms with Crippen LogP contribution in [0.5, 0.6) is 5.75 Å². The number of nitrogens with one attached hydrogen (secondary N) is 1. The Bertz CT molecular complexity index is 845. The SMILES string of the molecule is CC(C)(C(=O)Nc1nccs1)[C@H](c1ccccc1)c1cccc(O)c1. The number of benzene rings is 2. The van der Waals surface area contributed by atoms with E-state index in [2.05, 4.69) is 10.3 Å². The van der Waals surface area contributed by atoms with Crippen molar-refractivity contribution in [2.75, 3.05) is 5.32 Å². The number of phenolic OH excluding ortho intramolecular Hbond substituents is 1. The molecule has 3 rings (SSSR count). The van der Waals surface area contributed by atoms with Crippen LogP contribution in [0.1, 0.15) is 30.9 Å². The standard InChI is InChI=1S/C20H20N2O2S/c1-20(2,18(24)22-19-21-11-12-25-19)17(14-7-4-3-5-8-14)15-9-6-10-16(23)13-15/h3-13,17,23H,1-2H3,(H,21,22,24)/t17-/m1/s1. The van der Waals surface area contributed by atoms with Gasteiger partial charge in [-0.1, -0.05) is 56.3 Å². The van der Waals surface area contributed by atoms with Gasteiger partial charge in [-0.3, -0.25) is 4.79 Å². The Morgan fingerprint density at radius 3 is 2.48 bits per heavy atom. The van der Waals surface area contributed by atoms with Crippen LogP contribution in [-0.2, 0) is 4.79 Å². The predicted octanol–water partition coefficient (Wildman–Crippen LogP) is 4.65. The highest BCUT2D eigenvalue weighted by Gasteiger charge is 2.39. The molecule has 0 saturated heterocycles. The number of nitrogens with zero attached hydrogens (tertiary/aromatic N) is 1. The first-order chi connectivity index (χ1) is 12.0. The summed E-state index contributed by atoms with van der Waals surface area (Å²) in [5, 5.41) is 15.2. The van der Waals surface area contributed by atoms with Crippen LogP contribution in [0.2, 0.25) is 0 Å². The smallest absolute Gasteiger partial charge is 0.232 e. The van der Waals surface area contributed by atoms with Gasteiger partial charge in [-0.2, -0.15) is 0 Å². The monoisotopic (exact) mass is 352 g/mol. The number of rotatable bonds is 5. The fourth-order valence-electron chi connectivity index (χ4n) is 3.05. The number of aromatic nitrogens is 1. The zero-order valence-corrected chi connectivity index (χ0v) is 15.0. The summed E-state index contributed by atoms with van der Waals surface area (Å²) in [5.41, 5.74) is 1.17. The van der Waals surface area contributed by atoms with Gasteiger partial charge in [0.15, 0.2) is 5.13 Å². The molecule has 2 aromatic carbocycles. The fourth-order valence-corrected chi connectivity index (χ4v) is 3.57. The van der Waals surface area contributed by atoms with Crippen molar-refractivity contribution in [2.24, 2.45) is 5.41 Å². The van der Waals surface area contributed by atoms with Gasteiger partial charge < -0.3 is 10.4 Å². The summed E-state index contributed by atoms with van der Waals surface area (Å²) >= 11 is 1.39. The van der Waals surface area contributed by atoms with Crippen LogP contribution in [0, 0.1) is 5.41 Å². The number of hydrogen-bond acceptors (Lipinski definition) is 4. The summed E-state index contributed by atoms with van der Waals surface area (Å²) in [6.07, 6.45) is 1.66. The number of anilines is 1. The summed E-state index contributed by atoms with van der Waals surface area (Å²) in [6, 6.07) is 17.0. The van der Waals surface area contributed by atoms with Crippen molar-refractivity contribution < 1.29 is 9.90 Å². The zero-order valence-electron chi connectivity index (χ0n) is 14.1. The van der Waals surface area contributed by atoms with Gasteiger partial charge in [0.25, 0.3) is 0 Å². The van der Waals surface area contributed by atoms with Crippen LogP contribution < -0.4 is 5.32 Å². The molecule has 3 aromatic rings. The van der Waals surface area contributed by atoms with Gasteiger partial charge in [0, 0.05) is 17.5 Å². The van der Waals surface area contributed by atoms with E-state index in [4.69, 9.17) is 0 Å². The molecule has 1 aromatic heterocycles. The first-order valence-corrected chi connectivity index (χ1v) is 8.91. The zero-order chi connectivity index (χ0) is 17.9. The van der Waals surface area contributed by atoms with E-state index < -0.39 is 5.41 Å². The van der Waals surface area contributed by atoms with Crippen LogP contribution in [0.25, 0.3) is 0 Å². The van der Waals surface area contributed by atoms with Gasteiger partial charge >= 0.3 is 0 Å². The van der Waals surface area contributed by atoms with E-state index in [0.29, 0.717) is 5.13 Å². The number of carbonyl (C=O) groups is 1. The van der Waals surface area contributed by atoms with E-state index in [9.17, 15) is 9.90 Å². The molecule has 4 nitrogen and oxygen atoms in total. The molecule has 25 heavy (non-hydrogen) atoms. The molecule has 0 radical (unpaired) electrons. The van der Waals surface area contributed by atoms with Crippen molar-refractivity contribution in [3.05, 3.63) is 77.3 Å². The lowest BCUT2D eigenvalue weighted by molar-refractivity contribution is -0.124. The molecular weight excluding hydrogens is 332 g/mol. The molecule has 128 valence electrons. The molecule has 0 aliphatic heterocycles. The summed E-state index contributed by atoms with van der Waals surface area (Å²) in [4.78, 5) is 17.1. The third kappa shape index (κ3) is 3.72. The van der Waals surface area contributed by atoms with Gasteiger partial charge in [-0.15, -0.1) is 11.3 Å². The van der Waals surface area contributed by atoms with Crippen LogP contribution in [0.4, 0.5) is 5.13 Å². The summed E-state index contributed by atoms with van der Waals surface area (Å²) in [7, 11) is 0. The third-order valence-corrected chi connectivity index (χ3v) is 4.98. The minimum absolute atomic E-state index is 0.111. The molecule has 0 bridgehead atoms. The Kier molecular flexibility index (Phi) is 4.86. The van der Waals surface area contributed by atoms with Gasteiger partial charge in [-0.25, -0.2) is 4.98 Å². The highest BCUT2D eigenvalue weighted by atomic mass is 32.1. The minimum atomic E-state index is -0.749. The maximum atomic E-state index is 13.0. The van der Waals surface area contributed by atoms with Gasteiger partial charge in [0.2, 0.25) is 5.91 Å². The van der Waals surface area contributed by atoms with Crippen LogP contribution in [0.3, 0.4) is 0 Å². The fraction of sp³-hybridized carbons (Fsp3) is 0.200. The molecule has 0 saturated carbocycles. The number of thiazole rings is 1. The molecule has 0 spiro atoms. The molecule has 1 heterocycles. The number of hydrogen-bond donors (Lipinski definition) is 2. The van der Waals surface area contributed by atoms with Crippen molar-refractivity contribution in [3.8, 4) is 5.75 Å². The second-order valence-corrected chi connectivity index (χ2v) is 7.35. The van der Waals surface area contributed by atoms with Crippen molar-refractivity contribution in [1.82, 2.24) is 4.98 Å². The predicted molar refractivity (Wildman–Crippen MR) is 101 cm³/mol. The molecular formula is C20H20N2O2S. The molecule has 1 atom stereocenters. The number of aromatic hydroxyl groups is 1. The quantitative estimate of drug-likeness (QED) is 0.703. The number of amides is 1. The minimum Gasteiger partial charge on any atom is -0.508 e. The molecule has 0 aliphatic rings. The highest BCUT2D eigenvalue weighted by Crippen LogP contribution is 2.42. The Labute approximate surface area is 151 Å².